The van der Waals surface area contributed by atoms with Gasteiger partial charge in [0.2, 0.25) is 0 Å². The summed E-state index contributed by atoms with van der Waals surface area (Å²) in [5, 5.41) is 9.62. The van der Waals surface area contributed by atoms with E-state index in [0.29, 0.717) is 5.52 Å². The normalized spacial score (nSPS) is 10.4. The number of hydrogen-bond donors (Lipinski definition) is 1. The number of carboxylic acid groups (broad SMARTS) is 1. The number of carbonyl (C=O) groups is 1. The summed E-state index contributed by atoms with van der Waals surface area (Å²) in [6.45, 7) is 0. The van der Waals surface area contributed by atoms with Gasteiger partial charge in [0.25, 0.3) is 0 Å². The molecule has 0 aliphatic rings. The minimum Gasteiger partial charge on any atom is -0.476 e. The summed E-state index contributed by atoms with van der Waals surface area (Å²) < 4.78 is 1.26. The van der Waals surface area contributed by atoms with Crippen LogP contribution >= 0.6 is 0 Å². The van der Waals surface area contributed by atoms with E-state index in [1.807, 2.05) is 0 Å². The lowest BCUT2D eigenvalue weighted by molar-refractivity contribution is 0.0645. The molecule has 0 aliphatic carbocycles. The molecule has 0 radical (unpaired) electrons. The van der Waals surface area contributed by atoms with Crippen LogP contribution in [0, 0.1) is 0 Å². The maximum atomic E-state index is 10.8. The SMILES string of the molecule is COn1c(C(=O)O)cc2cnccc21. The number of pyridine rings is 1. The Morgan fingerprint density at radius 3 is 3.07 bits per heavy atom. The Morgan fingerprint density at radius 2 is 2.43 bits per heavy atom. The molecule has 0 saturated carbocycles. The minimum atomic E-state index is -1.02. The lowest BCUT2D eigenvalue weighted by Crippen LogP contribution is -2.13. The van der Waals surface area contributed by atoms with Gasteiger partial charge in [-0.1, -0.05) is 0 Å². The number of aromatic carboxylic acids is 1. The zero-order valence-corrected chi connectivity index (χ0v) is 7.47. The molecule has 0 amide bonds. The van der Waals surface area contributed by atoms with Crippen LogP contribution in [0.25, 0.3) is 10.9 Å². The molecule has 0 saturated heterocycles. The molecular formula is C9H8N2O3. The third kappa shape index (κ3) is 1.10. The topological polar surface area (TPSA) is 64.3 Å². The van der Waals surface area contributed by atoms with Crippen molar-refractivity contribution in [2.24, 2.45) is 0 Å². The van der Waals surface area contributed by atoms with Crippen molar-refractivity contribution in [2.75, 3.05) is 7.11 Å². The van der Waals surface area contributed by atoms with Gasteiger partial charge in [-0.3, -0.25) is 4.98 Å². The fourth-order valence-corrected chi connectivity index (χ4v) is 1.38. The maximum absolute atomic E-state index is 10.8. The molecule has 5 nitrogen and oxygen atoms in total. The van der Waals surface area contributed by atoms with Gasteiger partial charge in [-0.25, -0.2) is 4.79 Å². The van der Waals surface area contributed by atoms with Gasteiger partial charge in [0.15, 0.2) is 5.69 Å². The van der Waals surface area contributed by atoms with E-state index in [9.17, 15) is 4.79 Å². The average Bonchev–Trinajstić information content (AvgIpc) is 2.56. The standard InChI is InChI=1S/C9H8N2O3/c1-14-11-7-2-3-10-5-6(7)4-8(11)9(12)13/h2-5H,1H3,(H,12,13). The van der Waals surface area contributed by atoms with Crippen molar-refractivity contribution in [2.45, 2.75) is 0 Å². The summed E-state index contributed by atoms with van der Waals surface area (Å²) in [5.41, 5.74) is 0.787. The van der Waals surface area contributed by atoms with Crippen molar-refractivity contribution in [1.29, 1.82) is 0 Å². The Morgan fingerprint density at radius 1 is 1.64 bits per heavy atom. The Hall–Kier alpha value is -2.04. The Kier molecular flexibility index (Phi) is 1.85. The quantitative estimate of drug-likeness (QED) is 0.764. The molecule has 0 unspecified atom stereocenters. The first-order valence-electron chi connectivity index (χ1n) is 3.97. The molecule has 0 bridgehead atoms. The first-order valence-corrected chi connectivity index (χ1v) is 3.97. The summed E-state index contributed by atoms with van der Waals surface area (Å²) in [6, 6.07) is 3.22. The smallest absolute Gasteiger partial charge is 0.356 e. The zero-order chi connectivity index (χ0) is 10.1. The minimum absolute atomic E-state index is 0.0931. The lowest BCUT2D eigenvalue weighted by atomic mass is 10.3. The molecule has 2 aromatic rings. The highest BCUT2D eigenvalue weighted by Crippen LogP contribution is 2.17. The van der Waals surface area contributed by atoms with Crippen molar-refractivity contribution in [3.63, 3.8) is 0 Å². The largest absolute Gasteiger partial charge is 0.476 e. The second kappa shape index (κ2) is 3.02. The monoisotopic (exact) mass is 192 g/mol. The van der Waals surface area contributed by atoms with Crippen LogP contribution in [0.5, 0.6) is 0 Å². The molecule has 0 aromatic carbocycles. The molecule has 2 heterocycles. The molecule has 1 N–H and O–H groups in total. The van der Waals surface area contributed by atoms with Crippen molar-refractivity contribution >= 4 is 16.9 Å². The molecule has 2 aromatic heterocycles. The molecule has 0 fully saturated rings. The van der Waals surface area contributed by atoms with Gasteiger partial charge in [-0.05, 0) is 12.1 Å². The first-order chi connectivity index (χ1) is 6.74. The van der Waals surface area contributed by atoms with E-state index < -0.39 is 5.97 Å². The number of nitrogens with zero attached hydrogens (tertiary/aromatic N) is 2. The van der Waals surface area contributed by atoms with Gasteiger partial charge in [0, 0.05) is 17.8 Å². The number of fused-ring (bicyclic) bond motifs is 1. The maximum Gasteiger partial charge on any atom is 0.356 e. The highest BCUT2D eigenvalue weighted by molar-refractivity contribution is 5.93. The molecule has 0 atom stereocenters. The second-order valence-electron chi connectivity index (χ2n) is 2.75. The third-order valence-corrected chi connectivity index (χ3v) is 1.96. The van der Waals surface area contributed by atoms with Crippen LogP contribution in [0.2, 0.25) is 0 Å². The van der Waals surface area contributed by atoms with Crippen molar-refractivity contribution in [3.8, 4) is 0 Å². The van der Waals surface area contributed by atoms with Crippen LogP contribution < -0.4 is 4.84 Å². The van der Waals surface area contributed by atoms with E-state index in [-0.39, 0.29) is 5.69 Å². The lowest BCUT2D eigenvalue weighted by Gasteiger charge is -2.04. The predicted octanol–water partition coefficient (Wildman–Crippen LogP) is 0.793. The van der Waals surface area contributed by atoms with Gasteiger partial charge < -0.3 is 9.94 Å². The highest BCUT2D eigenvalue weighted by atomic mass is 16.6. The van der Waals surface area contributed by atoms with Crippen LogP contribution in [0.15, 0.2) is 24.5 Å². The zero-order valence-electron chi connectivity index (χ0n) is 7.47. The second-order valence-corrected chi connectivity index (χ2v) is 2.75. The van der Waals surface area contributed by atoms with E-state index in [2.05, 4.69) is 4.98 Å². The average molecular weight is 192 g/mol. The predicted molar refractivity (Wildman–Crippen MR) is 49.2 cm³/mol. The molecule has 0 spiro atoms. The van der Waals surface area contributed by atoms with Gasteiger partial charge >= 0.3 is 5.97 Å². The van der Waals surface area contributed by atoms with Crippen molar-refractivity contribution in [1.82, 2.24) is 9.71 Å². The Balaban J connectivity index is 2.78. The molecule has 14 heavy (non-hydrogen) atoms. The van der Waals surface area contributed by atoms with E-state index in [1.54, 1.807) is 18.5 Å². The summed E-state index contributed by atoms with van der Waals surface area (Å²) in [7, 11) is 1.42. The molecule has 72 valence electrons. The Labute approximate surface area is 79.5 Å². The van der Waals surface area contributed by atoms with E-state index in [1.165, 1.54) is 17.9 Å². The van der Waals surface area contributed by atoms with Crippen LogP contribution in [0.3, 0.4) is 0 Å². The summed E-state index contributed by atoms with van der Waals surface area (Å²) in [4.78, 5) is 19.7. The number of hydrogen-bond acceptors (Lipinski definition) is 3. The number of rotatable bonds is 2. The molecule has 2 rings (SSSR count). The fraction of sp³-hybridized carbons (Fsp3) is 0.111. The first kappa shape index (κ1) is 8.55. The van der Waals surface area contributed by atoms with E-state index in [0.717, 1.165) is 5.39 Å². The Bertz CT molecular complexity index is 490. The third-order valence-electron chi connectivity index (χ3n) is 1.96. The molecular weight excluding hydrogens is 184 g/mol. The van der Waals surface area contributed by atoms with E-state index >= 15 is 0 Å². The molecule has 0 aliphatic heterocycles. The van der Waals surface area contributed by atoms with E-state index in [4.69, 9.17) is 9.94 Å². The van der Waals surface area contributed by atoms with Crippen LogP contribution in [0.4, 0.5) is 0 Å². The summed E-state index contributed by atoms with van der Waals surface area (Å²) in [6.07, 6.45) is 3.18. The van der Waals surface area contributed by atoms with Crippen LogP contribution in [0.1, 0.15) is 10.5 Å². The number of aromatic nitrogens is 2. The highest BCUT2D eigenvalue weighted by Gasteiger charge is 2.14. The summed E-state index contributed by atoms with van der Waals surface area (Å²) in [5.74, 6) is -1.02. The van der Waals surface area contributed by atoms with Crippen LogP contribution in [-0.2, 0) is 0 Å². The molecule has 5 heteroatoms. The van der Waals surface area contributed by atoms with Gasteiger partial charge in [0.05, 0.1) is 5.52 Å². The van der Waals surface area contributed by atoms with Gasteiger partial charge in [-0.15, -0.1) is 0 Å². The van der Waals surface area contributed by atoms with Crippen molar-refractivity contribution < 1.29 is 14.7 Å². The van der Waals surface area contributed by atoms with Gasteiger partial charge in [0.1, 0.15) is 7.11 Å². The van der Waals surface area contributed by atoms with Crippen molar-refractivity contribution in [3.05, 3.63) is 30.2 Å². The van der Waals surface area contributed by atoms with Crippen LogP contribution in [-0.4, -0.2) is 27.9 Å². The fourth-order valence-electron chi connectivity index (χ4n) is 1.38. The summed E-state index contributed by atoms with van der Waals surface area (Å²) >= 11 is 0. The van der Waals surface area contributed by atoms with Gasteiger partial charge in [-0.2, -0.15) is 4.73 Å². The number of carboxylic acids is 1.